The van der Waals surface area contributed by atoms with E-state index in [2.05, 4.69) is 29.6 Å². The summed E-state index contributed by atoms with van der Waals surface area (Å²) in [6.45, 7) is 2.48. The number of hydrogen-bond acceptors (Lipinski definition) is 5. The summed E-state index contributed by atoms with van der Waals surface area (Å²) in [7, 11) is 0. The van der Waals surface area contributed by atoms with E-state index < -0.39 is 0 Å². The molecule has 0 bridgehead atoms. The maximum absolute atomic E-state index is 5.68. The molecule has 6 nitrogen and oxygen atoms in total. The molecule has 0 aromatic carbocycles. The summed E-state index contributed by atoms with van der Waals surface area (Å²) in [5.74, 6) is 2.20. The Labute approximate surface area is 103 Å². The Morgan fingerprint density at radius 3 is 2.94 bits per heavy atom. The van der Waals surface area contributed by atoms with Crippen molar-refractivity contribution in [1.29, 1.82) is 0 Å². The molecule has 7 heteroatoms. The van der Waals surface area contributed by atoms with E-state index in [9.17, 15) is 0 Å². The minimum Gasteiger partial charge on any atom is -0.346 e. The average molecular weight is 251 g/mol. The minimum absolute atomic E-state index is 0.390. The number of alkyl halides is 1. The Balaban J connectivity index is 1.81. The van der Waals surface area contributed by atoms with Gasteiger partial charge in [0.25, 0.3) is 0 Å². The number of hydrogen-bond donors (Lipinski definition) is 0. The number of halogens is 1. The molecule has 0 spiro atoms. The summed E-state index contributed by atoms with van der Waals surface area (Å²) < 4.78 is 2.05. The van der Waals surface area contributed by atoms with Gasteiger partial charge in [0.15, 0.2) is 5.82 Å². The van der Waals surface area contributed by atoms with E-state index in [4.69, 9.17) is 11.6 Å². The molecule has 0 radical (unpaired) electrons. The third-order valence-corrected chi connectivity index (χ3v) is 3.07. The van der Waals surface area contributed by atoms with Crippen LogP contribution in [0.1, 0.15) is 11.5 Å². The molecular formula is C10H11ClN6. The standard InChI is InChI=1S/C10H11ClN6/c11-3-8-4-13-9(5-12-8)16-1-2-17-7-14-15-10(17)6-16/h4-5,7H,1-3,6H2. The Bertz CT molecular complexity index is 508. The molecule has 0 amide bonds. The van der Waals surface area contributed by atoms with E-state index in [0.717, 1.165) is 37.0 Å². The lowest BCUT2D eigenvalue weighted by Gasteiger charge is -2.27. The fraction of sp³-hybridized carbons (Fsp3) is 0.400. The first kappa shape index (κ1) is 10.5. The van der Waals surface area contributed by atoms with E-state index in [1.807, 2.05) is 0 Å². The Morgan fingerprint density at radius 1 is 1.24 bits per heavy atom. The van der Waals surface area contributed by atoms with Crippen molar-refractivity contribution in [3.63, 3.8) is 0 Å². The van der Waals surface area contributed by atoms with Gasteiger partial charge in [-0.15, -0.1) is 21.8 Å². The number of rotatable bonds is 2. The van der Waals surface area contributed by atoms with Crippen LogP contribution in [0.3, 0.4) is 0 Å². The van der Waals surface area contributed by atoms with Crippen LogP contribution in [0, 0.1) is 0 Å². The fourth-order valence-corrected chi connectivity index (χ4v) is 1.98. The van der Waals surface area contributed by atoms with Crippen molar-refractivity contribution in [2.45, 2.75) is 19.0 Å². The van der Waals surface area contributed by atoms with Gasteiger partial charge in [0.2, 0.25) is 0 Å². The molecule has 1 aliphatic rings. The molecule has 0 fully saturated rings. The predicted octanol–water partition coefficient (Wildman–Crippen LogP) is 0.827. The number of anilines is 1. The van der Waals surface area contributed by atoms with Gasteiger partial charge in [0.05, 0.1) is 30.5 Å². The normalized spacial score (nSPS) is 14.8. The summed E-state index contributed by atoms with van der Waals surface area (Å²) >= 11 is 5.68. The zero-order valence-electron chi connectivity index (χ0n) is 9.12. The largest absolute Gasteiger partial charge is 0.346 e. The van der Waals surface area contributed by atoms with Gasteiger partial charge in [-0.05, 0) is 0 Å². The fourth-order valence-electron chi connectivity index (χ4n) is 1.84. The lowest BCUT2D eigenvalue weighted by atomic mass is 10.3. The highest BCUT2D eigenvalue weighted by Gasteiger charge is 2.18. The van der Waals surface area contributed by atoms with Gasteiger partial charge < -0.3 is 9.47 Å². The lowest BCUT2D eigenvalue weighted by Crippen LogP contribution is -2.34. The van der Waals surface area contributed by atoms with E-state index >= 15 is 0 Å². The van der Waals surface area contributed by atoms with Crippen LogP contribution < -0.4 is 4.90 Å². The van der Waals surface area contributed by atoms with Crippen LogP contribution in [-0.2, 0) is 19.0 Å². The third-order valence-electron chi connectivity index (χ3n) is 2.79. The quantitative estimate of drug-likeness (QED) is 0.739. The topological polar surface area (TPSA) is 59.7 Å². The number of aromatic nitrogens is 5. The van der Waals surface area contributed by atoms with Crippen molar-refractivity contribution in [1.82, 2.24) is 24.7 Å². The molecule has 88 valence electrons. The number of fused-ring (bicyclic) bond motifs is 1. The Kier molecular flexibility index (Phi) is 2.64. The van der Waals surface area contributed by atoms with Crippen LogP contribution in [0.5, 0.6) is 0 Å². The van der Waals surface area contributed by atoms with Crippen molar-refractivity contribution in [2.75, 3.05) is 11.4 Å². The number of nitrogens with zero attached hydrogens (tertiary/aromatic N) is 6. The Hall–Kier alpha value is -1.69. The zero-order chi connectivity index (χ0) is 11.7. The summed E-state index contributed by atoms with van der Waals surface area (Å²) in [6.07, 6.45) is 5.22. The van der Waals surface area contributed by atoms with Crippen LogP contribution in [0.2, 0.25) is 0 Å². The van der Waals surface area contributed by atoms with E-state index in [0.29, 0.717) is 5.88 Å². The molecule has 0 saturated heterocycles. The lowest BCUT2D eigenvalue weighted by molar-refractivity contribution is 0.555. The van der Waals surface area contributed by atoms with E-state index in [-0.39, 0.29) is 0 Å². The molecule has 2 aromatic heterocycles. The van der Waals surface area contributed by atoms with Crippen molar-refractivity contribution < 1.29 is 0 Å². The van der Waals surface area contributed by atoms with E-state index in [1.54, 1.807) is 18.7 Å². The average Bonchev–Trinajstić information content (AvgIpc) is 2.86. The molecule has 0 N–H and O–H groups in total. The molecule has 2 aromatic rings. The first-order valence-corrected chi connectivity index (χ1v) is 5.89. The second-order valence-corrected chi connectivity index (χ2v) is 4.13. The second kappa shape index (κ2) is 4.29. The highest BCUT2D eigenvalue weighted by atomic mass is 35.5. The molecule has 17 heavy (non-hydrogen) atoms. The smallest absolute Gasteiger partial charge is 0.152 e. The van der Waals surface area contributed by atoms with Crippen LogP contribution in [-0.4, -0.2) is 31.3 Å². The van der Waals surface area contributed by atoms with Crippen LogP contribution in [0.25, 0.3) is 0 Å². The van der Waals surface area contributed by atoms with Crippen molar-refractivity contribution in [2.24, 2.45) is 0 Å². The highest BCUT2D eigenvalue weighted by Crippen LogP contribution is 2.16. The molecule has 3 rings (SSSR count). The van der Waals surface area contributed by atoms with Gasteiger partial charge in [-0.25, -0.2) is 4.98 Å². The van der Waals surface area contributed by atoms with Crippen molar-refractivity contribution in [3.05, 3.63) is 30.2 Å². The van der Waals surface area contributed by atoms with Gasteiger partial charge in [0, 0.05) is 13.1 Å². The SMILES string of the molecule is ClCc1cnc(N2CCn3cnnc3C2)cn1. The molecule has 0 atom stereocenters. The summed E-state index contributed by atoms with van der Waals surface area (Å²) in [5, 5.41) is 7.96. The molecule has 1 aliphatic heterocycles. The first-order chi connectivity index (χ1) is 8.36. The Morgan fingerprint density at radius 2 is 2.18 bits per heavy atom. The molecule has 0 saturated carbocycles. The van der Waals surface area contributed by atoms with Crippen LogP contribution in [0.4, 0.5) is 5.82 Å². The first-order valence-electron chi connectivity index (χ1n) is 5.35. The van der Waals surface area contributed by atoms with Gasteiger partial charge >= 0.3 is 0 Å². The summed E-state index contributed by atoms with van der Waals surface area (Å²) in [4.78, 5) is 10.7. The van der Waals surface area contributed by atoms with Crippen molar-refractivity contribution in [3.8, 4) is 0 Å². The van der Waals surface area contributed by atoms with E-state index in [1.165, 1.54) is 0 Å². The van der Waals surface area contributed by atoms with Crippen LogP contribution >= 0.6 is 11.6 Å². The third kappa shape index (κ3) is 1.95. The van der Waals surface area contributed by atoms with Crippen LogP contribution in [0.15, 0.2) is 18.7 Å². The van der Waals surface area contributed by atoms with Gasteiger partial charge in [0.1, 0.15) is 12.1 Å². The maximum atomic E-state index is 5.68. The minimum atomic E-state index is 0.390. The summed E-state index contributed by atoms with van der Waals surface area (Å²) in [6, 6.07) is 0. The zero-order valence-corrected chi connectivity index (χ0v) is 9.88. The second-order valence-electron chi connectivity index (χ2n) is 3.86. The summed E-state index contributed by atoms with van der Waals surface area (Å²) in [5.41, 5.74) is 0.788. The molecule has 3 heterocycles. The molecular weight excluding hydrogens is 240 g/mol. The highest BCUT2D eigenvalue weighted by molar-refractivity contribution is 6.16. The monoisotopic (exact) mass is 250 g/mol. The van der Waals surface area contributed by atoms with Gasteiger partial charge in [-0.3, -0.25) is 4.98 Å². The maximum Gasteiger partial charge on any atom is 0.152 e. The van der Waals surface area contributed by atoms with Gasteiger partial charge in [-0.1, -0.05) is 0 Å². The predicted molar refractivity (Wildman–Crippen MR) is 62.7 cm³/mol. The molecule has 0 unspecified atom stereocenters. The van der Waals surface area contributed by atoms with Crippen molar-refractivity contribution >= 4 is 17.4 Å². The molecule has 0 aliphatic carbocycles. The van der Waals surface area contributed by atoms with Gasteiger partial charge in [-0.2, -0.15) is 0 Å².